The number of hydrogen-bond donors (Lipinski definition) is 2. The molecule has 0 saturated carbocycles. The second-order valence-corrected chi connectivity index (χ2v) is 2.81. The highest BCUT2D eigenvalue weighted by Gasteiger charge is 2.41. The molecule has 1 saturated heterocycles. The number of carbonyl (C=O) groups is 1. The van der Waals surface area contributed by atoms with Crippen LogP contribution in [-0.4, -0.2) is 29.3 Å². The quantitative estimate of drug-likeness (QED) is 0.597. The predicted molar refractivity (Wildman–Crippen MR) is 41.8 cm³/mol. The molecule has 1 aliphatic rings. The Hall–Kier alpha value is -0.320. The molecular weight excluding hydrogens is 170 g/mol. The van der Waals surface area contributed by atoms with Crippen molar-refractivity contribution in [1.29, 1.82) is 0 Å². The van der Waals surface area contributed by atoms with Gasteiger partial charge in [0, 0.05) is 12.5 Å². The molecule has 0 spiro atoms. The van der Waals surface area contributed by atoms with E-state index in [-0.39, 0.29) is 18.4 Å². The normalized spacial score (nSPS) is 36.4. The van der Waals surface area contributed by atoms with E-state index in [2.05, 4.69) is 0 Å². The van der Waals surface area contributed by atoms with E-state index in [0.717, 1.165) is 0 Å². The van der Waals surface area contributed by atoms with E-state index in [0.29, 0.717) is 13.0 Å². The molecule has 66 valence electrons. The van der Waals surface area contributed by atoms with Gasteiger partial charge in [0.2, 0.25) is 0 Å². The summed E-state index contributed by atoms with van der Waals surface area (Å²) in [6.45, 7) is 1.89. The average Bonchev–Trinajstić information content (AvgIpc) is 2.13. The topological polar surface area (TPSA) is 72.5 Å². The van der Waals surface area contributed by atoms with E-state index in [1.807, 2.05) is 0 Å². The van der Waals surface area contributed by atoms with E-state index in [1.165, 1.54) is 0 Å². The minimum atomic E-state index is -1.04. The maximum atomic E-state index is 10.5. The van der Waals surface area contributed by atoms with Crippen LogP contribution in [0.25, 0.3) is 0 Å². The predicted octanol–water partition coefficient (Wildman–Crippen LogP) is -0.000900. The molecule has 0 radical (unpaired) electrons. The molecule has 3 N–H and O–H groups in total. The van der Waals surface area contributed by atoms with Crippen molar-refractivity contribution in [1.82, 2.24) is 0 Å². The van der Waals surface area contributed by atoms with Gasteiger partial charge in [-0.05, 0) is 6.92 Å². The lowest BCUT2D eigenvalue weighted by atomic mass is 10.0. The molecule has 2 unspecified atom stereocenters. The van der Waals surface area contributed by atoms with E-state index in [1.54, 1.807) is 6.92 Å². The van der Waals surface area contributed by atoms with Gasteiger partial charge in [0.15, 0.2) is 5.60 Å². The van der Waals surface area contributed by atoms with E-state index in [9.17, 15) is 4.79 Å². The number of halogens is 1. The Balaban J connectivity index is 0.000001000. The highest BCUT2D eigenvalue weighted by atomic mass is 35.5. The minimum Gasteiger partial charge on any atom is -0.479 e. The first kappa shape index (κ1) is 10.7. The summed E-state index contributed by atoms with van der Waals surface area (Å²) in [7, 11) is 0. The molecule has 11 heavy (non-hydrogen) atoms. The van der Waals surface area contributed by atoms with Crippen LogP contribution < -0.4 is 5.73 Å². The molecule has 1 fully saturated rings. The van der Waals surface area contributed by atoms with Crippen LogP contribution in [0.5, 0.6) is 0 Å². The van der Waals surface area contributed by atoms with Gasteiger partial charge >= 0.3 is 5.97 Å². The smallest absolute Gasteiger partial charge is 0.335 e. The molecule has 0 aliphatic carbocycles. The van der Waals surface area contributed by atoms with E-state index >= 15 is 0 Å². The van der Waals surface area contributed by atoms with Gasteiger partial charge in [-0.2, -0.15) is 0 Å². The maximum absolute atomic E-state index is 10.5. The first-order chi connectivity index (χ1) is 4.54. The van der Waals surface area contributed by atoms with Crippen molar-refractivity contribution in [2.75, 3.05) is 6.61 Å². The Morgan fingerprint density at radius 3 is 2.55 bits per heavy atom. The van der Waals surface area contributed by atoms with Gasteiger partial charge in [-0.15, -0.1) is 12.4 Å². The van der Waals surface area contributed by atoms with Gasteiger partial charge in [-0.25, -0.2) is 4.79 Å². The van der Waals surface area contributed by atoms with Crippen molar-refractivity contribution in [2.45, 2.75) is 25.0 Å². The number of rotatable bonds is 1. The van der Waals surface area contributed by atoms with Crippen LogP contribution in [0.15, 0.2) is 0 Å². The first-order valence-corrected chi connectivity index (χ1v) is 3.17. The number of ether oxygens (including phenoxy) is 1. The Bertz CT molecular complexity index is 164. The van der Waals surface area contributed by atoms with Crippen molar-refractivity contribution in [3.63, 3.8) is 0 Å². The Kier molecular flexibility index (Phi) is 3.29. The third-order valence-electron chi connectivity index (χ3n) is 1.72. The Morgan fingerprint density at radius 1 is 1.82 bits per heavy atom. The van der Waals surface area contributed by atoms with Gasteiger partial charge < -0.3 is 15.6 Å². The number of aliphatic carboxylic acids is 1. The standard InChI is InChI=1S/C6H11NO3.ClH/c1-6(5(8)9)2-4(7)3-10-6;/h4H,2-3,7H2,1H3,(H,8,9);1H. The molecule has 1 aliphatic heterocycles. The lowest BCUT2D eigenvalue weighted by Crippen LogP contribution is -2.35. The molecular formula is C6H12ClNO3. The van der Waals surface area contributed by atoms with Gasteiger partial charge in [-0.1, -0.05) is 0 Å². The fourth-order valence-electron chi connectivity index (χ4n) is 1.06. The lowest BCUT2D eigenvalue weighted by Gasteiger charge is -2.15. The van der Waals surface area contributed by atoms with Gasteiger partial charge in [0.05, 0.1) is 6.61 Å². The van der Waals surface area contributed by atoms with Crippen LogP contribution in [-0.2, 0) is 9.53 Å². The average molecular weight is 182 g/mol. The number of hydrogen-bond acceptors (Lipinski definition) is 3. The van der Waals surface area contributed by atoms with Crippen LogP contribution >= 0.6 is 12.4 Å². The van der Waals surface area contributed by atoms with Crippen LogP contribution in [0, 0.1) is 0 Å². The van der Waals surface area contributed by atoms with Crippen molar-refractivity contribution < 1.29 is 14.6 Å². The fourth-order valence-corrected chi connectivity index (χ4v) is 1.06. The monoisotopic (exact) mass is 181 g/mol. The summed E-state index contributed by atoms with van der Waals surface area (Å²) in [5, 5.41) is 8.61. The lowest BCUT2D eigenvalue weighted by molar-refractivity contribution is -0.157. The highest BCUT2D eigenvalue weighted by Crippen LogP contribution is 2.24. The van der Waals surface area contributed by atoms with Crippen molar-refractivity contribution in [3.05, 3.63) is 0 Å². The third-order valence-corrected chi connectivity index (χ3v) is 1.72. The summed E-state index contributed by atoms with van der Waals surface area (Å²) in [6, 6.07) is -0.124. The van der Waals surface area contributed by atoms with Gasteiger partial charge in [-0.3, -0.25) is 0 Å². The van der Waals surface area contributed by atoms with Crippen LogP contribution in [0.3, 0.4) is 0 Å². The first-order valence-electron chi connectivity index (χ1n) is 3.17. The summed E-state index contributed by atoms with van der Waals surface area (Å²) in [4.78, 5) is 10.5. The zero-order chi connectivity index (χ0) is 7.78. The van der Waals surface area contributed by atoms with Crippen molar-refractivity contribution in [2.24, 2.45) is 5.73 Å². The number of carboxylic acids is 1. The Labute approximate surface area is 71.1 Å². The highest BCUT2D eigenvalue weighted by molar-refractivity contribution is 5.85. The van der Waals surface area contributed by atoms with Crippen molar-refractivity contribution >= 4 is 18.4 Å². The van der Waals surface area contributed by atoms with Crippen LogP contribution in [0.2, 0.25) is 0 Å². The zero-order valence-corrected chi connectivity index (χ0v) is 7.06. The molecule has 1 rings (SSSR count). The molecule has 0 amide bonds. The molecule has 2 atom stereocenters. The summed E-state index contributed by atoms with van der Waals surface area (Å²) in [5.74, 6) is -0.930. The van der Waals surface area contributed by atoms with E-state index < -0.39 is 11.6 Å². The molecule has 4 nitrogen and oxygen atoms in total. The van der Waals surface area contributed by atoms with Crippen molar-refractivity contribution in [3.8, 4) is 0 Å². The summed E-state index contributed by atoms with van der Waals surface area (Å²) in [6.07, 6.45) is 0.405. The largest absolute Gasteiger partial charge is 0.479 e. The second-order valence-electron chi connectivity index (χ2n) is 2.81. The molecule has 0 aromatic heterocycles. The fraction of sp³-hybridized carbons (Fsp3) is 0.833. The minimum absolute atomic E-state index is 0. The third kappa shape index (κ3) is 2.05. The summed E-state index contributed by atoms with van der Waals surface area (Å²) < 4.78 is 4.99. The summed E-state index contributed by atoms with van der Waals surface area (Å²) >= 11 is 0. The molecule has 5 heteroatoms. The molecule has 0 aromatic carbocycles. The SMILES string of the molecule is CC1(C(=O)O)CC(N)CO1.Cl. The number of nitrogens with two attached hydrogens (primary N) is 1. The molecule has 0 bridgehead atoms. The van der Waals surface area contributed by atoms with Crippen LogP contribution in [0.4, 0.5) is 0 Å². The van der Waals surface area contributed by atoms with Gasteiger partial charge in [0.1, 0.15) is 0 Å². The van der Waals surface area contributed by atoms with Gasteiger partial charge in [0.25, 0.3) is 0 Å². The second kappa shape index (κ2) is 3.38. The molecule has 0 aromatic rings. The van der Waals surface area contributed by atoms with E-state index in [4.69, 9.17) is 15.6 Å². The zero-order valence-electron chi connectivity index (χ0n) is 6.24. The number of carboxylic acid groups (broad SMARTS) is 1. The summed E-state index contributed by atoms with van der Waals surface area (Å²) in [5.41, 5.74) is 4.42. The Morgan fingerprint density at radius 2 is 2.36 bits per heavy atom. The van der Waals surface area contributed by atoms with Crippen LogP contribution in [0.1, 0.15) is 13.3 Å². The molecule has 1 heterocycles. The maximum Gasteiger partial charge on any atom is 0.335 e.